The van der Waals surface area contributed by atoms with Gasteiger partial charge in [0, 0.05) is 29.2 Å². The van der Waals surface area contributed by atoms with E-state index in [-0.39, 0.29) is 5.91 Å². The first-order chi connectivity index (χ1) is 17.5. The molecule has 1 amide bonds. The summed E-state index contributed by atoms with van der Waals surface area (Å²) in [5.41, 5.74) is 6.16. The van der Waals surface area contributed by atoms with Gasteiger partial charge < -0.3 is 14.8 Å². The number of hydrogen-bond donors (Lipinski definition) is 1. The number of amides is 1. The molecule has 0 spiro atoms. The highest BCUT2D eigenvalue weighted by molar-refractivity contribution is 9.10. The molecule has 1 fully saturated rings. The summed E-state index contributed by atoms with van der Waals surface area (Å²) in [6.45, 7) is 7.71. The minimum Gasteiger partial charge on any atom is -0.326 e. The highest BCUT2D eigenvalue weighted by Crippen LogP contribution is 2.30. The molecule has 7 heteroatoms. The van der Waals surface area contributed by atoms with Gasteiger partial charge in [-0.15, -0.1) is 0 Å². The summed E-state index contributed by atoms with van der Waals surface area (Å²) in [5, 5.41) is 2.91. The van der Waals surface area contributed by atoms with Gasteiger partial charge in [-0.3, -0.25) is 4.79 Å². The molecule has 6 nitrogen and oxygen atoms in total. The second-order valence-electron chi connectivity index (χ2n) is 9.63. The zero-order chi connectivity index (χ0) is 25.1. The Kier molecular flexibility index (Phi) is 7.48. The molecule has 4 aromatic rings. The SMILES string of the molecule is CC(=O)Nc1cccc(C2CCN(CCCn3c(-c4ccccc4)nc4nc(C)c(Br)cc43)CC2)c1. The van der Waals surface area contributed by atoms with Crippen LogP contribution in [-0.2, 0) is 11.3 Å². The standard InChI is InChI=1S/C29H32BrN5O/c1-20-26(30)19-27-28(31-20)33-29(23-8-4-3-5-9-23)35(27)15-7-14-34-16-12-22(13-17-34)24-10-6-11-25(18-24)32-21(2)36/h3-6,8-11,18-19,22H,7,12-17H2,1-2H3,(H,32,36). The number of aryl methyl sites for hydroxylation is 2. The predicted octanol–water partition coefficient (Wildman–Crippen LogP) is 6.40. The van der Waals surface area contributed by atoms with Crippen LogP contribution in [0.4, 0.5) is 5.69 Å². The summed E-state index contributed by atoms with van der Waals surface area (Å²) in [5.74, 6) is 1.50. The van der Waals surface area contributed by atoms with Gasteiger partial charge in [0.25, 0.3) is 0 Å². The Balaban J connectivity index is 1.24. The monoisotopic (exact) mass is 545 g/mol. The number of nitrogens with zero attached hydrogens (tertiary/aromatic N) is 4. The number of imidazole rings is 1. The molecule has 36 heavy (non-hydrogen) atoms. The first kappa shape index (κ1) is 24.7. The van der Waals surface area contributed by atoms with E-state index in [4.69, 9.17) is 9.97 Å². The molecular formula is C29H32BrN5O. The molecule has 0 bridgehead atoms. The third-order valence-corrected chi connectivity index (χ3v) is 7.83. The van der Waals surface area contributed by atoms with Crippen molar-refractivity contribution in [3.8, 4) is 11.4 Å². The normalized spacial score (nSPS) is 14.9. The molecule has 1 saturated heterocycles. The molecule has 0 radical (unpaired) electrons. The maximum atomic E-state index is 11.4. The predicted molar refractivity (Wildman–Crippen MR) is 149 cm³/mol. The number of halogens is 1. The molecule has 1 aliphatic rings. The number of hydrogen-bond acceptors (Lipinski definition) is 4. The summed E-state index contributed by atoms with van der Waals surface area (Å²) in [6, 6.07) is 20.9. The second-order valence-corrected chi connectivity index (χ2v) is 10.5. The largest absolute Gasteiger partial charge is 0.326 e. The molecule has 1 aliphatic heterocycles. The van der Waals surface area contributed by atoms with E-state index in [1.165, 1.54) is 5.56 Å². The van der Waals surface area contributed by atoms with Crippen LogP contribution in [0.2, 0.25) is 0 Å². The van der Waals surface area contributed by atoms with Gasteiger partial charge in [0.1, 0.15) is 5.82 Å². The maximum Gasteiger partial charge on any atom is 0.221 e. The van der Waals surface area contributed by atoms with Gasteiger partial charge in [0.05, 0.1) is 11.2 Å². The summed E-state index contributed by atoms with van der Waals surface area (Å²) in [7, 11) is 0. The van der Waals surface area contributed by atoms with Crippen LogP contribution < -0.4 is 5.32 Å². The lowest BCUT2D eigenvalue weighted by atomic mass is 9.89. The fourth-order valence-electron chi connectivity index (χ4n) is 5.16. The minimum absolute atomic E-state index is 0.0265. The number of carbonyl (C=O) groups excluding carboxylic acids is 1. The molecule has 5 rings (SSSR count). The van der Waals surface area contributed by atoms with Crippen molar-refractivity contribution >= 4 is 38.7 Å². The summed E-state index contributed by atoms with van der Waals surface area (Å²) < 4.78 is 3.34. The van der Waals surface area contributed by atoms with E-state index in [1.54, 1.807) is 6.92 Å². The lowest BCUT2D eigenvalue weighted by Gasteiger charge is -2.32. The Labute approximate surface area is 220 Å². The molecule has 0 aliphatic carbocycles. The van der Waals surface area contributed by atoms with Crippen LogP contribution in [0.3, 0.4) is 0 Å². The van der Waals surface area contributed by atoms with Gasteiger partial charge in [-0.1, -0.05) is 42.5 Å². The number of pyridine rings is 1. The number of nitrogens with one attached hydrogen (secondary N) is 1. The zero-order valence-electron chi connectivity index (χ0n) is 20.9. The fourth-order valence-corrected chi connectivity index (χ4v) is 5.47. The van der Waals surface area contributed by atoms with Crippen molar-refractivity contribution in [2.24, 2.45) is 0 Å². The van der Waals surface area contributed by atoms with E-state index in [0.29, 0.717) is 5.92 Å². The van der Waals surface area contributed by atoms with Gasteiger partial charge >= 0.3 is 0 Å². The number of likely N-dealkylation sites (tertiary alicyclic amines) is 1. The molecular weight excluding hydrogens is 514 g/mol. The van der Waals surface area contributed by atoms with Crippen LogP contribution in [0, 0.1) is 6.92 Å². The molecule has 0 atom stereocenters. The average Bonchev–Trinajstić information content (AvgIpc) is 3.22. The number of fused-ring (bicyclic) bond motifs is 1. The Morgan fingerprint density at radius 2 is 1.81 bits per heavy atom. The van der Waals surface area contributed by atoms with Crippen molar-refractivity contribution in [1.29, 1.82) is 0 Å². The number of rotatable bonds is 7. The fraction of sp³-hybridized carbons (Fsp3) is 0.345. The van der Waals surface area contributed by atoms with Crippen LogP contribution in [0.1, 0.15) is 43.4 Å². The van der Waals surface area contributed by atoms with Gasteiger partial charge in [-0.2, -0.15) is 0 Å². The van der Waals surface area contributed by atoms with Crippen LogP contribution in [0.5, 0.6) is 0 Å². The molecule has 2 aromatic carbocycles. The van der Waals surface area contributed by atoms with Crippen LogP contribution in [0.25, 0.3) is 22.6 Å². The first-order valence-corrected chi connectivity index (χ1v) is 13.5. The Hall–Kier alpha value is -3.03. The van der Waals surface area contributed by atoms with Gasteiger partial charge in [-0.25, -0.2) is 9.97 Å². The third-order valence-electron chi connectivity index (χ3n) is 7.02. The highest BCUT2D eigenvalue weighted by Gasteiger charge is 2.21. The van der Waals surface area contributed by atoms with Crippen molar-refractivity contribution in [3.63, 3.8) is 0 Å². The van der Waals surface area contributed by atoms with Gasteiger partial charge in [-0.05, 0) is 91.4 Å². The topological polar surface area (TPSA) is 63.1 Å². The van der Waals surface area contributed by atoms with Crippen molar-refractivity contribution in [3.05, 3.63) is 76.4 Å². The average molecular weight is 547 g/mol. The van der Waals surface area contributed by atoms with E-state index >= 15 is 0 Å². The van der Waals surface area contributed by atoms with Gasteiger partial charge in [0.15, 0.2) is 5.65 Å². The minimum atomic E-state index is -0.0265. The molecule has 1 N–H and O–H groups in total. The molecule has 186 valence electrons. The number of carbonyl (C=O) groups is 1. The Morgan fingerprint density at radius 1 is 1.03 bits per heavy atom. The zero-order valence-corrected chi connectivity index (χ0v) is 22.5. The van der Waals surface area contributed by atoms with Crippen molar-refractivity contribution in [2.75, 3.05) is 25.0 Å². The Bertz CT molecular complexity index is 1360. The first-order valence-electron chi connectivity index (χ1n) is 12.7. The second kappa shape index (κ2) is 10.9. The highest BCUT2D eigenvalue weighted by atomic mass is 79.9. The molecule has 0 unspecified atom stereocenters. The number of aromatic nitrogens is 3. The number of anilines is 1. The smallest absolute Gasteiger partial charge is 0.221 e. The maximum absolute atomic E-state index is 11.4. The molecule has 2 aromatic heterocycles. The van der Waals surface area contributed by atoms with E-state index in [0.717, 1.165) is 83.8 Å². The van der Waals surface area contributed by atoms with Crippen molar-refractivity contribution in [2.45, 2.75) is 45.6 Å². The van der Waals surface area contributed by atoms with Crippen molar-refractivity contribution < 1.29 is 4.79 Å². The number of benzene rings is 2. The van der Waals surface area contributed by atoms with Gasteiger partial charge in [0.2, 0.25) is 5.91 Å². The number of piperidine rings is 1. The summed E-state index contributed by atoms with van der Waals surface area (Å²) in [6.07, 6.45) is 3.34. The summed E-state index contributed by atoms with van der Waals surface area (Å²) in [4.78, 5) is 23.6. The quantitative estimate of drug-likeness (QED) is 0.292. The lowest BCUT2D eigenvalue weighted by molar-refractivity contribution is -0.114. The van der Waals surface area contributed by atoms with Crippen LogP contribution >= 0.6 is 15.9 Å². The molecule has 0 saturated carbocycles. The van der Waals surface area contributed by atoms with Crippen molar-refractivity contribution in [1.82, 2.24) is 19.4 Å². The lowest BCUT2D eigenvalue weighted by Crippen LogP contribution is -2.34. The van der Waals surface area contributed by atoms with E-state index < -0.39 is 0 Å². The van der Waals surface area contributed by atoms with E-state index in [9.17, 15) is 4.79 Å². The van der Waals surface area contributed by atoms with Crippen LogP contribution in [-0.4, -0.2) is 45.0 Å². The molecule has 3 heterocycles. The Morgan fingerprint density at radius 3 is 2.56 bits per heavy atom. The van der Waals surface area contributed by atoms with E-state index in [1.807, 2.05) is 25.1 Å². The summed E-state index contributed by atoms with van der Waals surface area (Å²) >= 11 is 3.66. The van der Waals surface area contributed by atoms with Crippen LogP contribution in [0.15, 0.2) is 65.1 Å². The van der Waals surface area contributed by atoms with E-state index in [2.05, 4.69) is 73.2 Å². The third kappa shape index (κ3) is 5.52.